The van der Waals surface area contributed by atoms with Crippen LogP contribution in [0, 0.1) is 5.82 Å². The Balaban J connectivity index is 1.28. The number of carbonyl (C=O) groups excluding carboxylic acids is 1. The summed E-state index contributed by atoms with van der Waals surface area (Å²) < 4.78 is 35.3. The number of ether oxygens (including phenoxy) is 3. The van der Waals surface area contributed by atoms with E-state index in [-0.39, 0.29) is 17.0 Å². The smallest absolute Gasteiger partial charge is 0.284 e. The monoisotopic (exact) mass is 554 g/mol. The van der Waals surface area contributed by atoms with Crippen LogP contribution in [0.5, 0.6) is 23.0 Å². The van der Waals surface area contributed by atoms with Gasteiger partial charge in [-0.1, -0.05) is 18.2 Å². The third-order valence-electron chi connectivity index (χ3n) is 7.13. The molecule has 10 heteroatoms. The van der Waals surface area contributed by atoms with Gasteiger partial charge in [0.05, 0.1) is 31.1 Å². The maximum atomic E-state index is 15.2. The summed E-state index contributed by atoms with van der Waals surface area (Å²) in [6.07, 6.45) is 3.95. The number of fused-ring (bicyclic) bond motifs is 2. The van der Waals surface area contributed by atoms with Crippen molar-refractivity contribution >= 4 is 22.5 Å². The van der Waals surface area contributed by atoms with Crippen molar-refractivity contribution in [2.45, 2.75) is 25.8 Å². The zero-order valence-electron chi connectivity index (χ0n) is 22.5. The van der Waals surface area contributed by atoms with E-state index in [0.717, 1.165) is 12.8 Å². The van der Waals surface area contributed by atoms with Crippen molar-refractivity contribution in [3.63, 3.8) is 0 Å². The number of methoxy groups -OCH3 is 2. The lowest BCUT2D eigenvalue weighted by Gasteiger charge is -2.19. The quantitative estimate of drug-likeness (QED) is 0.276. The van der Waals surface area contributed by atoms with Crippen LogP contribution in [0.4, 0.5) is 10.1 Å². The number of aromatic nitrogens is 3. The van der Waals surface area contributed by atoms with Crippen molar-refractivity contribution in [1.29, 1.82) is 0 Å². The summed E-state index contributed by atoms with van der Waals surface area (Å²) in [5.41, 5.74) is 1.82. The van der Waals surface area contributed by atoms with Gasteiger partial charge in [0, 0.05) is 35.9 Å². The molecule has 6 rings (SSSR count). The maximum Gasteiger partial charge on any atom is 0.284 e. The van der Waals surface area contributed by atoms with E-state index in [1.54, 1.807) is 29.1 Å². The Morgan fingerprint density at radius 2 is 1.71 bits per heavy atom. The Morgan fingerprint density at radius 1 is 0.927 bits per heavy atom. The zero-order valence-corrected chi connectivity index (χ0v) is 22.5. The van der Waals surface area contributed by atoms with Gasteiger partial charge < -0.3 is 19.5 Å². The van der Waals surface area contributed by atoms with Gasteiger partial charge in [-0.2, -0.15) is 0 Å². The summed E-state index contributed by atoms with van der Waals surface area (Å²) >= 11 is 0. The van der Waals surface area contributed by atoms with Gasteiger partial charge in [-0.05, 0) is 55.7 Å². The van der Waals surface area contributed by atoms with Crippen molar-refractivity contribution in [1.82, 2.24) is 14.3 Å². The molecule has 1 aliphatic rings. The maximum absolute atomic E-state index is 15.2. The Kier molecular flexibility index (Phi) is 6.88. The molecule has 0 fully saturated rings. The molecule has 0 bridgehead atoms. The number of nitrogens with zero attached hydrogens (tertiary/aromatic N) is 3. The van der Waals surface area contributed by atoms with E-state index in [4.69, 9.17) is 14.2 Å². The highest BCUT2D eigenvalue weighted by molar-refractivity contribution is 6.05. The first-order chi connectivity index (χ1) is 20.0. The van der Waals surface area contributed by atoms with Gasteiger partial charge in [-0.25, -0.2) is 9.07 Å². The summed E-state index contributed by atoms with van der Waals surface area (Å²) in [4.78, 5) is 31.2. The molecule has 9 nitrogen and oxygen atoms in total. The zero-order chi connectivity index (χ0) is 28.5. The number of hydrogen-bond acceptors (Lipinski definition) is 6. The average Bonchev–Trinajstić information content (AvgIpc) is 3.30. The summed E-state index contributed by atoms with van der Waals surface area (Å²) in [5, 5.41) is 3.31. The molecule has 0 radical (unpaired) electrons. The molecule has 1 amide bonds. The fourth-order valence-electron chi connectivity index (χ4n) is 5.20. The van der Waals surface area contributed by atoms with E-state index in [1.807, 2.05) is 35.0 Å². The topological polar surface area (TPSA) is 96.6 Å². The fourth-order valence-corrected chi connectivity index (χ4v) is 5.20. The van der Waals surface area contributed by atoms with E-state index in [1.165, 1.54) is 32.4 Å². The lowest BCUT2D eigenvalue weighted by molar-refractivity contribution is 0.102. The number of rotatable bonds is 7. The van der Waals surface area contributed by atoms with Crippen molar-refractivity contribution in [3.8, 4) is 28.7 Å². The normalized spacial score (nSPS) is 12.6. The van der Waals surface area contributed by atoms with Crippen LogP contribution in [0.2, 0.25) is 0 Å². The lowest BCUT2D eigenvalue weighted by Crippen LogP contribution is -2.25. The van der Waals surface area contributed by atoms with E-state index in [0.29, 0.717) is 52.5 Å². The SMILES string of the molecule is COc1cc2nccc(Oc3ccc(NC(=O)c4c5n(n(-c6ccccc6)c4=O)CCCC5)cc3F)c2cc1OC. The Hall–Kier alpha value is -5.12. The minimum atomic E-state index is -0.686. The number of hydrogen-bond donors (Lipinski definition) is 1. The lowest BCUT2D eigenvalue weighted by atomic mass is 10.1. The van der Waals surface area contributed by atoms with Crippen molar-refractivity contribution < 1.29 is 23.4 Å². The molecule has 3 aromatic carbocycles. The molecule has 3 heterocycles. The second kappa shape index (κ2) is 10.8. The van der Waals surface area contributed by atoms with Crippen molar-refractivity contribution in [3.05, 3.63) is 100 Å². The van der Waals surface area contributed by atoms with Crippen molar-refractivity contribution in [2.75, 3.05) is 19.5 Å². The summed E-state index contributed by atoms with van der Waals surface area (Å²) in [6, 6.07) is 18.4. The fraction of sp³-hybridized carbons (Fsp3) is 0.194. The van der Waals surface area contributed by atoms with Gasteiger partial charge in [0.25, 0.3) is 11.5 Å². The van der Waals surface area contributed by atoms with E-state index >= 15 is 4.39 Å². The van der Waals surface area contributed by atoms with Gasteiger partial charge in [-0.3, -0.25) is 19.3 Å². The van der Waals surface area contributed by atoms with Crippen LogP contribution in [0.25, 0.3) is 16.6 Å². The number of benzene rings is 3. The van der Waals surface area contributed by atoms with Gasteiger partial charge in [0.15, 0.2) is 23.1 Å². The molecule has 0 aliphatic carbocycles. The number of nitrogens with one attached hydrogen (secondary N) is 1. The minimum absolute atomic E-state index is 0.0436. The Labute approximate surface area is 234 Å². The number of pyridine rings is 1. The largest absolute Gasteiger partial charge is 0.493 e. The van der Waals surface area contributed by atoms with Crippen LogP contribution in [-0.4, -0.2) is 34.5 Å². The molecule has 2 aromatic heterocycles. The molecular weight excluding hydrogens is 527 g/mol. The molecular formula is C31H27FN4O5. The van der Waals surface area contributed by atoms with Gasteiger partial charge in [0.1, 0.15) is 11.3 Å². The van der Waals surface area contributed by atoms with Crippen LogP contribution >= 0.6 is 0 Å². The second-order valence-corrected chi connectivity index (χ2v) is 9.59. The molecule has 41 heavy (non-hydrogen) atoms. The van der Waals surface area contributed by atoms with E-state index < -0.39 is 17.3 Å². The summed E-state index contributed by atoms with van der Waals surface area (Å²) in [5.74, 6) is 0.0523. The van der Waals surface area contributed by atoms with Crippen molar-refractivity contribution in [2.24, 2.45) is 0 Å². The first-order valence-electron chi connectivity index (χ1n) is 13.2. The molecule has 0 saturated heterocycles. The number of anilines is 1. The molecule has 0 spiro atoms. The Bertz CT molecular complexity index is 1830. The second-order valence-electron chi connectivity index (χ2n) is 9.59. The van der Waals surface area contributed by atoms with Gasteiger partial charge in [-0.15, -0.1) is 0 Å². The molecule has 0 unspecified atom stereocenters. The van der Waals surface area contributed by atoms with E-state index in [9.17, 15) is 9.59 Å². The first kappa shape index (κ1) is 26.1. The van der Waals surface area contributed by atoms with Crippen LogP contribution in [0.15, 0.2) is 77.7 Å². The molecule has 5 aromatic rings. The molecule has 1 N–H and O–H groups in total. The van der Waals surface area contributed by atoms with Crippen LogP contribution in [-0.2, 0) is 13.0 Å². The highest BCUT2D eigenvalue weighted by Gasteiger charge is 2.28. The third-order valence-corrected chi connectivity index (χ3v) is 7.13. The summed E-state index contributed by atoms with van der Waals surface area (Å²) in [7, 11) is 3.05. The third kappa shape index (κ3) is 4.77. The molecule has 208 valence electrons. The van der Waals surface area contributed by atoms with Gasteiger partial charge in [0.2, 0.25) is 0 Å². The van der Waals surface area contributed by atoms with Crippen LogP contribution in [0.3, 0.4) is 0 Å². The minimum Gasteiger partial charge on any atom is -0.493 e. The highest BCUT2D eigenvalue weighted by Crippen LogP contribution is 2.37. The number of halogens is 1. The molecule has 0 saturated carbocycles. The van der Waals surface area contributed by atoms with Crippen LogP contribution < -0.4 is 25.1 Å². The highest BCUT2D eigenvalue weighted by atomic mass is 19.1. The van der Waals surface area contributed by atoms with Gasteiger partial charge >= 0.3 is 0 Å². The predicted octanol–water partition coefficient (Wildman–Crippen LogP) is 5.72. The average molecular weight is 555 g/mol. The first-order valence-corrected chi connectivity index (χ1v) is 13.2. The standard InChI is InChI=1S/C31H27FN4O5/c1-39-27-17-21-23(18-28(27)40-2)33-14-13-25(21)41-26-12-11-19(16-22(26)32)34-30(37)29-24-10-6-7-15-35(24)36(31(29)38)20-8-4-3-5-9-20/h3-5,8-9,11-14,16-18H,6-7,10,15H2,1-2H3,(H,34,37). The molecule has 0 atom stereocenters. The number of para-hydroxylation sites is 1. The predicted molar refractivity (Wildman–Crippen MR) is 152 cm³/mol. The van der Waals surface area contributed by atoms with E-state index in [2.05, 4.69) is 10.3 Å². The number of carbonyl (C=O) groups is 1. The number of amides is 1. The Morgan fingerprint density at radius 3 is 2.46 bits per heavy atom. The van der Waals surface area contributed by atoms with Crippen LogP contribution in [0.1, 0.15) is 28.9 Å². The molecule has 1 aliphatic heterocycles. The summed E-state index contributed by atoms with van der Waals surface area (Å²) in [6.45, 7) is 0.635.